The Labute approximate surface area is 132 Å². The molecule has 2 heterocycles. The van der Waals surface area contributed by atoms with E-state index in [9.17, 15) is 9.00 Å². The van der Waals surface area contributed by atoms with E-state index in [1.807, 2.05) is 0 Å². The van der Waals surface area contributed by atoms with Crippen LogP contribution in [0.2, 0.25) is 0 Å². The quantitative estimate of drug-likeness (QED) is 0.873. The standard InChI is InChI=1S/C15H20N2O4S/c16-11-3-5-17(10-11)15(18)4-8-22(19)12-1-2-13-14(9-12)21-7-6-20-13/h1-2,9,11H,3-8,10,16H2/t11-,22?/m1/s1. The van der Waals surface area contributed by atoms with Crippen molar-refractivity contribution in [3.63, 3.8) is 0 Å². The van der Waals surface area contributed by atoms with Crippen LogP contribution in [-0.4, -0.2) is 53.1 Å². The lowest BCUT2D eigenvalue weighted by Crippen LogP contribution is -2.32. The maximum Gasteiger partial charge on any atom is 0.223 e. The molecule has 2 N–H and O–H groups in total. The zero-order chi connectivity index (χ0) is 15.5. The average Bonchev–Trinajstić information content (AvgIpc) is 2.98. The Bertz CT molecular complexity index is 593. The van der Waals surface area contributed by atoms with Gasteiger partial charge in [-0.15, -0.1) is 0 Å². The van der Waals surface area contributed by atoms with E-state index in [0.29, 0.717) is 48.5 Å². The summed E-state index contributed by atoms with van der Waals surface area (Å²) >= 11 is 0. The van der Waals surface area contributed by atoms with Crippen molar-refractivity contribution in [3.8, 4) is 11.5 Å². The SMILES string of the molecule is N[C@@H]1CCN(C(=O)CCS(=O)c2ccc3c(c2)OCCO3)C1. The minimum Gasteiger partial charge on any atom is -0.486 e. The van der Waals surface area contributed by atoms with Crippen LogP contribution >= 0.6 is 0 Å². The summed E-state index contributed by atoms with van der Waals surface area (Å²) in [5, 5.41) is 0. The first-order chi connectivity index (χ1) is 10.6. The Morgan fingerprint density at radius 1 is 1.32 bits per heavy atom. The Balaban J connectivity index is 1.57. The highest BCUT2D eigenvalue weighted by atomic mass is 32.2. The van der Waals surface area contributed by atoms with E-state index in [1.165, 1.54) is 0 Å². The second kappa shape index (κ2) is 6.66. The first-order valence-electron chi connectivity index (χ1n) is 7.45. The van der Waals surface area contributed by atoms with Gasteiger partial charge < -0.3 is 20.1 Å². The molecule has 2 atom stereocenters. The van der Waals surface area contributed by atoms with Crippen molar-refractivity contribution in [1.29, 1.82) is 0 Å². The summed E-state index contributed by atoms with van der Waals surface area (Å²) in [6, 6.07) is 5.34. The Kier molecular flexibility index (Phi) is 4.63. The second-order valence-corrected chi connectivity index (χ2v) is 7.06. The van der Waals surface area contributed by atoms with Crippen LogP contribution < -0.4 is 15.2 Å². The number of carbonyl (C=O) groups is 1. The van der Waals surface area contributed by atoms with Crippen LogP contribution in [0, 0.1) is 0 Å². The third-order valence-corrected chi connectivity index (χ3v) is 5.21. The zero-order valence-electron chi connectivity index (χ0n) is 12.3. The summed E-state index contributed by atoms with van der Waals surface area (Å²) in [4.78, 5) is 14.5. The van der Waals surface area contributed by atoms with E-state index in [-0.39, 0.29) is 18.4 Å². The van der Waals surface area contributed by atoms with E-state index in [4.69, 9.17) is 15.2 Å². The van der Waals surface area contributed by atoms with Crippen LogP contribution in [0.4, 0.5) is 0 Å². The average molecular weight is 324 g/mol. The zero-order valence-corrected chi connectivity index (χ0v) is 13.1. The fraction of sp³-hybridized carbons (Fsp3) is 0.533. The summed E-state index contributed by atoms with van der Waals surface area (Å²) < 4.78 is 23.3. The summed E-state index contributed by atoms with van der Waals surface area (Å²) in [6.07, 6.45) is 1.12. The number of carbonyl (C=O) groups excluding carboxylic acids is 1. The van der Waals surface area contributed by atoms with Gasteiger partial charge in [0.05, 0.1) is 10.8 Å². The van der Waals surface area contributed by atoms with E-state index in [0.717, 1.165) is 6.42 Å². The molecule has 3 rings (SSSR count). The smallest absolute Gasteiger partial charge is 0.223 e. The summed E-state index contributed by atoms with van der Waals surface area (Å²) in [7, 11) is -1.23. The molecule has 1 amide bonds. The van der Waals surface area contributed by atoms with Gasteiger partial charge in [0.2, 0.25) is 5.91 Å². The van der Waals surface area contributed by atoms with Crippen LogP contribution in [0.3, 0.4) is 0 Å². The molecule has 1 unspecified atom stereocenters. The topological polar surface area (TPSA) is 81.9 Å². The summed E-state index contributed by atoms with van der Waals surface area (Å²) in [6.45, 7) is 2.34. The van der Waals surface area contributed by atoms with Crippen molar-refractivity contribution in [2.45, 2.75) is 23.8 Å². The van der Waals surface area contributed by atoms with Gasteiger partial charge in [0.15, 0.2) is 11.5 Å². The molecule has 1 aromatic rings. The highest BCUT2D eigenvalue weighted by molar-refractivity contribution is 7.85. The molecule has 0 aromatic heterocycles. The van der Waals surface area contributed by atoms with Crippen molar-refractivity contribution < 1.29 is 18.5 Å². The van der Waals surface area contributed by atoms with Gasteiger partial charge in [-0.25, -0.2) is 0 Å². The van der Waals surface area contributed by atoms with Gasteiger partial charge >= 0.3 is 0 Å². The van der Waals surface area contributed by atoms with Crippen molar-refractivity contribution in [2.24, 2.45) is 5.73 Å². The molecule has 22 heavy (non-hydrogen) atoms. The third kappa shape index (κ3) is 3.41. The largest absolute Gasteiger partial charge is 0.486 e. The normalized spacial score (nSPS) is 21.7. The summed E-state index contributed by atoms with van der Waals surface area (Å²) in [5.74, 6) is 1.63. The molecular weight excluding hydrogens is 304 g/mol. The fourth-order valence-corrected chi connectivity index (χ4v) is 3.69. The van der Waals surface area contributed by atoms with Crippen LogP contribution in [0.15, 0.2) is 23.1 Å². The first-order valence-corrected chi connectivity index (χ1v) is 8.77. The predicted octanol–water partition coefficient (Wildman–Crippen LogP) is 0.515. The Morgan fingerprint density at radius 3 is 2.82 bits per heavy atom. The molecule has 0 saturated carbocycles. The van der Waals surface area contributed by atoms with Gasteiger partial charge in [0, 0.05) is 42.3 Å². The van der Waals surface area contributed by atoms with Crippen molar-refractivity contribution in [2.75, 3.05) is 32.1 Å². The number of nitrogens with two attached hydrogens (primary N) is 1. The van der Waals surface area contributed by atoms with Gasteiger partial charge in [-0.1, -0.05) is 0 Å². The number of hydrogen-bond acceptors (Lipinski definition) is 5. The molecule has 2 aliphatic rings. The van der Waals surface area contributed by atoms with Gasteiger partial charge in [-0.05, 0) is 18.6 Å². The van der Waals surface area contributed by atoms with Gasteiger partial charge in [-0.2, -0.15) is 0 Å². The molecule has 7 heteroatoms. The monoisotopic (exact) mass is 324 g/mol. The number of likely N-dealkylation sites (tertiary alicyclic amines) is 1. The number of amides is 1. The first kappa shape index (κ1) is 15.3. The van der Waals surface area contributed by atoms with Gasteiger partial charge in [0.1, 0.15) is 13.2 Å². The van der Waals surface area contributed by atoms with Gasteiger partial charge in [0.25, 0.3) is 0 Å². The highest BCUT2D eigenvalue weighted by Gasteiger charge is 2.24. The maximum absolute atomic E-state index is 12.3. The molecular formula is C15H20N2O4S. The molecule has 0 radical (unpaired) electrons. The number of ether oxygens (including phenoxy) is 2. The molecule has 6 nitrogen and oxygen atoms in total. The lowest BCUT2D eigenvalue weighted by molar-refractivity contribution is -0.129. The molecule has 2 aliphatic heterocycles. The molecule has 1 fully saturated rings. The minimum atomic E-state index is -1.23. The number of nitrogens with zero attached hydrogens (tertiary/aromatic N) is 1. The number of fused-ring (bicyclic) bond motifs is 1. The van der Waals surface area contributed by atoms with Gasteiger partial charge in [-0.3, -0.25) is 9.00 Å². The molecule has 0 bridgehead atoms. The highest BCUT2D eigenvalue weighted by Crippen LogP contribution is 2.31. The van der Waals surface area contributed by atoms with E-state index in [1.54, 1.807) is 23.1 Å². The minimum absolute atomic E-state index is 0.0267. The molecule has 120 valence electrons. The Hall–Kier alpha value is -1.60. The number of hydrogen-bond donors (Lipinski definition) is 1. The van der Waals surface area contributed by atoms with Crippen molar-refractivity contribution in [3.05, 3.63) is 18.2 Å². The van der Waals surface area contributed by atoms with Crippen LogP contribution in [0.25, 0.3) is 0 Å². The third-order valence-electron chi connectivity index (χ3n) is 3.86. The van der Waals surface area contributed by atoms with Crippen LogP contribution in [-0.2, 0) is 15.6 Å². The summed E-state index contributed by atoms with van der Waals surface area (Å²) in [5.41, 5.74) is 5.80. The lowest BCUT2D eigenvalue weighted by Gasteiger charge is -2.19. The van der Waals surface area contributed by atoms with E-state index < -0.39 is 10.8 Å². The maximum atomic E-state index is 12.3. The predicted molar refractivity (Wildman–Crippen MR) is 82.5 cm³/mol. The molecule has 1 aromatic carbocycles. The molecule has 1 saturated heterocycles. The second-order valence-electron chi connectivity index (χ2n) is 5.49. The number of rotatable bonds is 4. The van der Waals surface area contributed by atoms with Crippen LogP contribution in [0.1, 0.15) is 12.8 Å². The molecule has 0 spiro atoms. The number of benzene rings is 1. The van der Waals surface area contributed by atoms with Crippen LogP contribution in [0.5, 0.6) is 11.5 Å². The fourth-order valence-electron chi connectivity index (χ4n) is 2.64. The Morgan fingerprint density at radius 2 is 2.09 bits per heavy atom. The lowest BCUT2D eigenvalue weighted by atomic mass is 10.3. The van der Waals surface area contributed by atoms with Crippen molar-refractivity contribution >= 4 is 16.7 Å². The van der Waals surface area contributed by atoms with Crippen molar-refractivity contribution in [1.82, 2.24) is 4.90 Å². The van der Waals surface area contributed by atoms with E-state index in [2.05, 4.69) is 0 Å². The molecule has 0 aliphatic carbocycles. The van der Waals surface area contributed by atoms with E-state index >= 15 is 0 Å².